The predicted molar refractivity (Wildman–Crippen MR) is 95.0 cm³/mol. The van der Waals surface area contributed by atoms with Crippen LogP contribution in [0.3, 0.4) is 0 Å². The molecule has 0 saturated heterocycles. The summed E-state index contributed by atoms with van der Waals surface area (Å²) in [7, 11) is 0. The van der Waals surface area contributed by atoms with Gasteiger partial charge in [-0.2, -0.15) is 55.4 Å². The van der Waals surface area contributed by atoms with E-state index in [1.54, 1.807) is 55.4 Å². The Hall–Kier alpha value is 0.164. The van der Waals surface area contributed by atoms with E-state index in [0.29, 0.717) is 0 Å². The van der Waals surface area contributed by atoms with E-state index in [0.717, 1.165) is 0 Å². The summed E-state index contributed by atoms with van der Waals surface area (Å²) in [6.45, 7) is 43.2. The second kappa shape index (κ2) is 200000. The van der Waals surface area contributed by atoms with Gasteiger partial charge in [0.25, 0.3) is 0 Å². The molecular weight excluding hydrogens is 279 g/mol. The van der Waals surface area contributed by atoms with Crippen LogP contribution in [0.4, 0.5) is 0 Å². The van der Waals surface area contributed by atoms with Gasteiger partial charge in [-0.05, 0) is 0 Å². The molecule has 0 unspecified atom stereocenters. The van der Waals surface area contributed by atoms with Crippen molar-refractivity contribution in [3.05, 3.63) is 55.4 Å². The summed E-state index contributed by atoms with van der Waals surface area (Å²) < 4.78 is 0. The maximum atomic E-state index is 7.75. The fourth-order valence-corrected chi connectivity index (χ4v) is 0. The Morgan fingerprint density at radius 2 is 0.368 bits per heavy atom. The molecule has 0 aliphatic heterocycles. The molecule has 0 spiro atoms. The Kier molecular flexibility index (Phi) is 793000. The largest absolute Gasteiger partial charge is 0.545 e. The van der Waals surface area contributed by atoms with Gasteiger partial charge in [0.15, 0.2) is 0 Å². The molecule has 0 radical (unpaired) electrons. The van der Waals surface area contributed by atoms with Crippen LogP contribution in [0.1, 0.15) is 55.4 Å². The van der Waals surface area contributed by atoms with Crippen molar-refractivity contribution < 1.29 is 21.3 Å². The van der Waals surface area contributed by atoms with Gasteiger partial charge in [0.2, 0.25) is 0 Å². The quantitative estimate of drug-likeness (QED) is 0.285. The van der Waals surface area contributed by atoms with E-state index in [4.69, 9.17) is 4.79 Å². The molecule has 0 aromatic rings. The first-order chi connectivity index (χ1) is 9.00. The molecule has 2 heteroatoms. The maximum Gasteiger partial charge on any atom is 0 e. The molecule has 0 heterocycles. The maximum absolute atomic E-state index is 7.75. The molecule has 0 amide bonds. The molecule has 134 valence electrons. The second-order valence-electron chi connectivity index (χ2n) is 0. The Morgan fingerprint density at radius 1 is 0.368 bits per heavy atom. The minimum absolute atomic E-state index is 0. The normalized spacial score (nSPS) is 2.74. The van der Waals surface area contributed by atoms with Gasteiger partial charge in [-0.3, -0.25) is 6.79 Å². The minimum Gasteiger partial charge on any atom is -0.545 e. The van der Waals surface area contributed by atoms with E-state index in [9.17, 15) is 0 Å². The molecule has 0 aromatic heterocycles. The van der Waals surface area contributed by atoms with Crippen molar-refractivity contribution >= 4 is 6.79 Å². The summed E-state index contributed by atoms with van der Waals surface area (Å²) >= 11 is 0. The predicted octanol–water partition coefficient (Wildman–Crippen LogP) is 6.45. The van der Waals surface area contributed by atoms with E-state index in [-0.39, 0.29) is 16.5 Å². The minimum atomic E-state index is 0. The average molecular weight is 320 g/mol. The molecular formula is C17H41NiO-9. The molecule has 1 nitrogen and oxygen atoms in total. The molecule has 0 atom stereocenters. The van der Waals surface area contributed by atoms with Crippen molar-refractivity contribution in [2.24, 2.45) is 0 Å². The molecule has 0 bridgehead atoms. The first-order valence-corrected chi connectivity index (χ1v) is 5.89. The second-order valence-corrected chi connectivity index (χ2v) is 0. The summed E-state index contributed by atoms with van der Waals surface area (Å²) in [6, 6.07) is 0. The number of rotatable bonds is 0. The van der Waals surface area contributed by atoms with Gasteiger partial charge < -0.3 is 60.2 Å². The summed E-state index contributed by atoms with van der Waals surface area (Å²) in [4.78, 5) is 7.75. The van der Waals surface area contributed by atoms with E-state index in [2.05, 4.69) is 62.2 Å². The standard InChI is InChI=1S/8C2H5.CHO.Ni/c9*1-2;/h8*1H2,2H3;1H;/q9*-1;. The monoisotopic (exact) mass is 319 g/mol. The zero-order valence-corrected chi connectivity index (χ0v) is 15.9. The van der Waals surface area contributed by atoms with E-state index < -0.39 is 0 Å². The van der Waals surface area contributed by atoms with Crippen molar-refractivity contribution in [2.45, 2.75) is 55.4 Å². The van der Waals surface area contributed by atoms with Gasteiger partial charge in [-0.15, -0.1) is 0 Å². The van der Waals surface area contributed by atoms with Crippen LogP contribution in [0, 0.1) is 55.4 Å². The first-order valence-electron chi connectivity index (χ1n) is 5.89. The number of carbonyl (C=O) groups excluding carboxylic acids is 1. The fourth-order valence-electron chi connectivity index (χ4n) is 0. The molecule has 19 heavy (non-hydrogen) atoms. The molecule has 0 aliphatic carbocycles. The molecule has 0 saturated carbocycles. The van der Waals surface area contributed by atoms with Crippen LogP contribution < -0.4 is 0 Å². The van der Waals surface area contributed by atoms with Crippen LogP contribution in [0.5, 0.6) is 0 Å². The van der Waals surface area contributed by atoms with Gasteiger partial charge >= 0.3 is 0 Å². The van der Waals surface area contributed by atoms with Gasteiger partial charge in [0, 0.05) is 16.5 Å². The SMILES string of the molecule is [CH-]=O.[CH2-]C.[CH2-]C.[CH2-]C.[CH2-]C.[CH2-]C.[CH2-]C.[CH2-]C.[CH2-]C.[Ni]. The third-order valence-electron chi connectivity index (χ3n) is 0. The summed E-state index contributed by atoms with van der Waals surface area (Å²) in [5.74, 6) is 0. The van der Waals surface area contributed by atoms with Gasteiger partial charge in [0.1, 0.15) is 0 Å². The van der Waals surface area contributed by atoms with Crippen LogP contribution in [0.2, 0.25) is 0 Å². The molecule has 0 fully saturated rings. The topological polar surface area (TPSA) is 17.1 Å². The Labute approximate surface area is 139 Å². The van der Waals surface area contributed by atoms with Crippen molar-refractivity contribution in [3.63, 3.8) is 0 Å². The number of hydrogen-bond donors (Lipinski definition) is 0. The third kappa shape index (κ3) is 178000. The van der Waals surface area contributed by atoms with E-state index in [1.807, 2.05) is 0 Å². The first kappa shape index (κ1) is 75.3. The van der Waals surface area contributed by atoms with Crippen LogP contribution in [0.15, 0.2) is 0 Å². The third-order valence-corrected chi connectivity index (χ3v) is 0. The summed E-state index contributed by atoms with van der Waals surface area (Å²) in [6.07, 6.45) is 0. The van der Waals surface area contributed by atoms with Gasteiger partial charge in [-0.1, -0.05) is 0 Å². The smallest absolute Gasteiger partial charge is 0 e. The Balaban J connectivity index is -0.00000000596. The zero-order chi connectivity index (χ0) is 18.0. The van der Waals surface area contributed by atoms with Crippen LogP contribution in [-0.2, 0) is 21.3 Å². The van der Waals surface area contributed by atoms with Gasteiger partial charge in [0.05, 0.1) is 0 Å². The van der Waals surface area contributed by atoms with Crippen molar-refractivity contribution in [1.29, 1.82) is 0 Å². The van der Waals surface area contributed by atoms with Crippen molar-refractivity contribution in [3.8, 4) is 0 Å². The van der Waals surface area contributed by atoms with Crippen LogP contribution in [0.25, 0.3) is 0 Å². The van der Waals surface area contributed by atoms with Crippen molar-refractivity contribution in [1.82, 2.24) is 0 Å². The Morgan fingerprint density at radius 3 is 0.368 bits per heavy atom. The van der Waals surface area contributed by atoms with Crippen molar-refractivity contribution in [2.75, 3.05) is 0 Å². The average Bonchev–Trinajstić information content (AvgIpc) is 2.63. The van der Waals surface area contributed by atoms with E-state index >= 15 is 0 Å². The van der Waals surface area contributed by atoms with E-state index in [1.165, 1.54) is 0 Å². The van der Waals surface area contributed by atoms with Crippen LogP contribution >= 0.6 is 0 Å². The van der Waals surface area contributed by atoms with Crippen LogP contribution in [-0.4, -0.2) is 6.79 Å². The Bertz CT molecular complexity index is 11.2. The van der Waals surface area contributed by atoms with Gasteiger partial charge in [-0.25, -0.2) is 0 Å². The fraction of sp³-hybridized carbons (Fsp3) is 0.471. The molecule has 0 aromatic carbocycles. The summed E-state index contributed by atoms with van der Waals surface area (Å²) in [5, 5.41) is 0. The zero-order valence-electron chi connectivity index (χ0n) is 15.0. The molecule has 0 rings (SSSR count). The number of hydrogen-bond acceptors (Lipinski definition) is 1. The summed E-state index contributed by atoms with van der Waals surface area (Å²) in [5.41, 5.74) is 0. The molecule has 0 N–H and O–H groups in total. The molecule has 0 aliphatic rings.